The van der Waals surface area contributed by atoms with E-state index >= 15 is 0 Å². The molecule has 1 atom stereocenters. The molecule has 0 saturated carbocycles. The second-order valence-electron chi connectivity index (χ2n) is 7.40. The van der Waals surface area contributed by atoms with Crippen molar-refractivity contribution in [1.82, 2.24) is 9.80 Å². The first-order chi connectivity index (χ1) is 13.5. The van der Waals surface area contributed by atoms with Crippen molar-refractivity contribution < 1.29 is 9.53 Å². The minimum atomic E-state index is -0.468. The maximum Gasteiger partial charge on any atom is 0.263 e. The van der Waals surface area contributed by atoms with Gasteiger partial charge in [0.2, 0.25) is 0 Å². The van der Waals surface area contributed by atoms with E-state index < -0.39 is 6.10 Å². The molecule has 0 radical (unpaired) electrons. The van der Waals surface area contributed by atoms with Crippen LogP contribution in [-0.4, -0.2) is 54.5 Å². The SMILES string of the molecule is Cc1cccc(O[C@H](C)C(=O)N2CCN(C/C=C/c3ccccc3)CC2)c1C. The fourth-order valence-corrected chi connectivity index (χ4v) is 3.40. The van der Waals surface area contributed by atoms with Crippen molar-refractivity contribution in [3.05, 3.63) is 71.3 Å². The molecule has 0 N–H and O–H groups in total. The third-order valence-electron chi connectivity index (χ3n) is 5.36. The van der Waals surface area contributed by atoms with Gasteiger partial charge in [0.25, 0.3) is 5.91 Å². The van der Waals surface area contributed by atoms with Crippen molar-refractivity contribution in [3.63, 3.8) is 0 Å². The van der Waals surface area contributed by atoms with Crippen LogP contribution in [0, 0.1) is 13.8 Å². The second-order valence-corrected chi connectivity index (χ2v) is 7.40. The summed E-state index contributed by atoms with van der Waals surface area (Å²) >= 11 is 0. The van der Waals surface area contributed by atoms with E-state index in [0.717, 1.165) is 44.0 Å². The third-order valence-corrected chi connectivity index (χ3v) is 5.36. The molecule has 1 aliphatic heterocycles. The number of benzene rings is 2. The first kappa shape index (κ1) is 20.2. The summed E-state index contributed by atoms with van der Waals surface area (Å²) in [5.74, 6) is 0.867. The van der Waals surface area contributed by atoms with E-state index in [0.29, 0.717) is 0 Å². The fraction of sp³-hybridized carbons (Fsp3) is 0.375. The molecule has 148 valence electrons. The Balaban J connectivity index is 1.46. The van der Waals surface area contributed by atoms with Crippen LogP contribution in [0.15, 0.2) is 54.6 Å². The number of rotatable bonds is 6. The first-order valence-corrected chi connectivity index (χ1v) is 10.00. The van der Waals surface area contributed by atoms with Crippen LogP contribution in [0.25, 0.3) is 6.08 Å². The molecule has 4 heteroatoms. The van der Waals surface area contributed by atoms with Gasteiger partial charge >= 0.3 is 0 Å². The largest absolute Gasteiger partial charge is 0.481 e. The van der Waals surface area contributed by atoms with Gasteiger partial charge in [-0.05, 0) is 43.5 Å². The quantitative estimate of drug-likeness (QED) is 0.764. The molecule has 0 aromatic heterocycles. The summed E-state index contributed by atoms with van der Waals surface area (Å²) in [6.07, 6.45) is 3.88. The minimum Gasteiger partial charge on any atom is -0.481 e. The smallest absolute Gasteiger partial charge is 0.263 e. The molecular weight excluding hydrogens is 348 g/mol. The van der Waals surface area contributed by atoms with Gasteiger partial charge < -0.3 is 9.64 Å². The van der Waals surface area contributed by atoms with Gasteiger partial charge in [0.15, 0.2) is 6.10 Å². The Morgan fingerprint density at radius 1 is 1.04 bits per heavy atom. The summed E-state index contributed by atoms with van der Waals surface area (Å²) in [6, 6.07) is 16.3. The highest BCUT2D eigenvalue weighted by molar-refractivity contribution is 5.81. The molecule has 1 saturated heterocycles. The number of nitrogens with zero attached hydrogens (tertiary/aromatic N) is 2. The van der Waals surface area contributed by atoms with E-state index in [1.807, 2.05) is 49.1 Å². The molecular formula is C24H30N2O2. The van der Waals surface area contributed by atoms with Crippen LogP contribution in [-0.2, 0) is 4.79 Å². The summed E-state index contributed by atoms with van der Waals surface area (Å²) in [4.78, 5) is 17.1. The van der Waals surface area contributed by atoms with Crippen LogP contribution < -0.4 is 4.74 Å². The van der Waals surface area contributed by atoms with Crippen molar-refractivity contribution in [2.45, 2.75) is 26.9 Å². The molecule has 2 aromatic carbocycles. The van der Waals surface area contributed by atoms with E-state index in [2.05, 4.69) is 42.2 Å². The van der Waals surface area contributed by atoms with Gasteiger partial charge in [0.1, 0.15) is 5.75 Å². The standard InChI is InChI=1S/C24H30N2O2/c1-19-9-7-13-23(20(19)2)28-21(3)24(27)26-17-15-25(16-18-26)14-8-12-22-10-5-4-6-11-22/h4-13,21H,14-18H2,1-3H3/b12-8+/t21-/m1/s1. The maximum absolute atomic E-state index is 12.8. The van der Waals surface area contributed by atoms with Crippen molar-refractivity contribution >= 4 is 12.0 Å². The van der Waals surface area contributed by atoms with Crippen LogP contribution in [0.5, 0.6) is 5.75 Å². The number of aryl methyl sites for hydroxylation is 1. The van der Waals surface area contributed by atoms with Crippen LogP contribution in [0.2, 0.25) is 0 Å². The van der Waals surface area contributed by atoms with Crippen LogP contribution in [0.4, 0.5) is 0 Å². The van der Waals surface area contributed by atoms with Gasteiger partial charge in [-0.15, -0.1) is 0 Å². The van der Waals surface area contributed by atoms with Crippen LogP contribution in [0.1, 0.15) is 23.6 Å². The third kappa shape index (κ3) is 5.23. The lowest BCUT2D eigenvalue weighted by molar-refractivity contribution is -0.139. The number of amides is 1. The molecule has 1 amide bonds. The predicted octanol–water partition coefficient (Wildman–Crippen LogP) is 3.93. The van der Waals surface area contributed by atoms with Crippen LogP contribution >= 0.6 is 0 Å². The van der Waals surface area contributed by atoms with E-state index in [1.165, 1.54) is 11.1 Å². The number of hydrogen-bond donors (Lipinski definition) is 0. The molecule has 28 heavy (non-hydrogen) atoms. The normalized spacial score (nSPS) is 16.3. The zero-order valence-corrected chi connectivity index (χ0v) is 17.1. The Labute approximate surface area is 168 Å². The van der Waals surface area contributed by atoms with Gasteiger partial charge in [0.05, 0.1) is 0 Å². The highest BCUT2D eigenvalue weighted by Gasteiger charge is 2.26. The number of ether oxygens (including phenoxy) is 1. The topological polar surface area (TPSA) is 32.8 Å². The minimum absolute atomic E-state index is 0.0698. The molecule has 3 rings (SSSR count). The highest BCUT2D eigenvalue weighted by Crippen LogP contribution is 2.22. The van der Waals surface area contributed by atoms with Crippen molar-refractivity contribution in [2.75, 3.05) is 32.7 Å². The van der Waals surface area contributed by atoms with Gasteiger partial charge in [0, 0.05) is 32.7 Å². The molecule has 0 bridgehead atoms. The molecule has 0 spiro atoms. The Morgan fingerprint density at radius 2 is 1.75 bits per heavy atom. The molecule has 4 nitrogen and oxygen atoms in total. The summed E-state index contributed by atoms with van der Waals surface area (Å²) in [6.45, 7) is 10.1. The van der Waals surface area contributed by atoms with E-state index in [4.69, 9.17) is 4.74 Å². The average molecular weight is 379 g/mol. The van der Waals surface area contributed by atoms with Gasteiger partial charge in [-0.3, -0.25) is 9.69 Å². The lowest BCUT2D eigenvalue weighted by atomic mass is 10.1. The zero-order chi connectivity index (χ0) is 19.9. The summed E-state index contributed by atoms with van der Waals surface area (Å²) in [7, 11) is 0. The van der Waals surface area contributed by atoms with Gasteiger partial charge in [-0.2, -0.15) is 0 Å². The molecule has 0 unspecified atom stereocenters. The van der Waals surface area contributed by atoms with Gasteiger partial charge in [-0.25, -0.2) is 0 Å². The second kappa shape index (κ2) is 9.56. The Morgan fingerprint density at radius 3 is 2.46 bits per heavy atom. The number of carbonyl (C=O) groups is 1. The summed E-state index contributed by atoms with van der Waals surface area (Å²) in [5.41, 5.74) is 3.49. The lowest BCUT2D eigenvalue weighted by Crippen LogP contribution is -2.51. The Bertz CT molecular complexity index is 809. The Kier molecular flexibility index (Phi) is 6.88. The van der Waals surface area contributed by atoms with E-state index in [9.17, 15) is 4.79 Å². The highest BCUT2D eigenvalue weighted by atomic mass is 16.5. The maximum atomic E-state index is 12.8. The molecule has 1 fully saturated rings. The summed E-state index contributed by atoms with van der Waals surface area (Å²) in [5, 5.41) is 0. The Hall–Kier alpha value is -2.59. The average Bonchev–Trinajstić information content (AvgIpc) is 2.72. The number of carbonyl (C=O) groups excluding carboxylic acids is 1. The predicted molar refractivity (Wildman–Crippen MR) is 115 cm³/mol. The number of piperazine rings is 1. The van der Waals surface area contributed by atoms with Crippen LogP contribution in [0.3, 0.4) is 0 Å². The monoisotopic (exact) mass is 378 g/mol. The lowest BCUT2D eigenvalue weighted by Gasteiger charge is -2.35. The van der Waals surface area contributed by atoms with Crippen molar-refractivity contribution in [3.8, 4) is 5.75 Å². The first-order valence-electron chi connectivity index (χ1n) is 10.00. The molecule has 2 aromatic rings. The van der Waals surface area contributed by atoms with Gasteiger partial charge in [-0.1, -0.05) is 54.6 Å². The van der Waals surface area contributed by atoms with E-state index in [-0.39, 0.29) is 5.91 Å². The molecule has 1 heterocycles. The molecule has 1 aliphatic rings. The summed E-state index contributed by atoms with van der Waals surface area (Å²) < 4.78 is 5.97. The van der Waals surface area contributed by atoms with Crippen molar-refractivity contribution in [2.24, 2.45) is 0 Å². The van der Waals surface area contributed by atoms with Crippen molar-refractivity contribution in [1.29, 1.82) is 0 Å². The fourth-order valence-electron chi connectivity index (χ4n) is 3.40. The zero-order valence-electron chi connectivity index (χ0n) is 17.1. The number of hydrogen-bond acceptors (Lipinski definition) is 3. The molecule has 0 aliphatic carbocycles. The van der Waals surface area contributed by atoms with E-state index in [1.54, 1.807) is 0 Å².